The van der Waals surface area contributed by atoms with Crippen LogP contribution in [-0.4, -0.2) is 21.0 Å². The van der Waals surface area contributed by atoms with E-state index in [1.165, 1.54) is 0 Å². The molecule has 2 aromatic carbocycles. The molecular formula is C19H17N3O2. The quantitative estimate of drug-likeness (QED) is 0.515. The first-order chi connectivity index (χ1) is 11.2. The highest BCUT2D eigenvalue weighted by molar-refractivity contribution is 6.09. The van der Waals surface area contributed by atoms with Gasteiger partial charge in [0, 0.05) is 34.4 Å². The summed E-state index contributed by atoms with van der Waals surface area (Å²) in [5, 5.41) is 14.9. The van der Waals surface area contributed by atoms with Gasteiger partial charge in [-0.1, -0.05) is 19.6 Å². The maximum atomic E-state index is 12.4. The van der Waals surface area contributed by atoms with E-state index in [0.717, 1.165) is 16.3 Å². The number of nitrogens with one attached hydrogen (secondary N) is 2. The first-order valence-electron chi connectivity index (χ1n) is 7.17. The molecule has 0 unspecified atom stereocenters. The fourth-order valence-corrected chi connectivity index (χ4v) is 2.64. The predicted molar refractivity (Wildman–Crippen MR) is 96.4 cm³/mol. The number of rotatable bonds is 2. The topological polar surface area (TPSA) is 78.0 Å². The van der Waals surface area contributed by atoms with Gasteiger partial charge in [-0.25, -0.2) is 0 Å². The molecule has 5 heteroatoms. The van der Waals surface area contributed by atoms with Gasteiger partial charge in [-0.05, 0) is 36.4 Å². The number of H-pyrrole nitrogens is 1. The summed E-state index contributed by atoms with van der Waals surface area (Å²) in [5.74, 6) is -0.478. The van der Waals surface area contributed by atoms with E-state index >= 15 is 0 Å². The molecule has 0 bridgehead atoms. The van der Waals surface area contributed by atoms with Crippen molar-refractivity contribution >= 4 is 33.4 Å². The lowest BCUT2D eigenvalue weighted by atomic mass is 10.1. The average molecular weight is 319 g/mol. The highest BCUT2D eigenvalue weighted by atomic mass is 16.3. The number of nitrogens with zero attached hydrogens (tertiary/aromatic N) is 1. The molecule has 4 aromatic rings. The van der Waals surface area contributed by atoms with Crippen molar-refractivity contribution in [3.63, 3.8) is 0 Å². The number of fused-ring (bicyclic) bond motifs is 2. The number of phenolic OH excluding ortho intramolecular Hbond substituents is 1. The summed E-state index contributed by atoms with van der Waals surface area (Å²) in [6.07, 6.45) is 3.43. The summed E-state index contributed by atoms with van der Waals surface area (Å²) < 4.78 is 0. The number of benzene rings is 2. The number of amides is 1. The number of hydrogen-bond donors (Lipinski definition) is 3. The van der Waals surface area contributed by atoms with Crippen LogP contribution < -0.4 is 5.32 Å². The van der Waals surface area contributed by atoms with Gasteiger partial charge >= 0.3 is 0 Å². The highest BCUT2D eigenvalue weighted by Gasteiger charge is 2.14. The molecule has 0 spiro atoms. The van der Waals surface area contributed by atoms with Crippen LogP contribution in [0, 0.1) is 0 Å². The van der Waals surface area contributed by atoms with Crippen molar-refractivity contribution in [3.05, 3.63) is 66.5 Å². The summed E-state index contributed by atoms with van der Waals surface area (Å²) in [4.78, 5) is 19.7. The molecular weight excluding hydrogens is 302 g/mol. The third-order valence-corrected chi connectivity index (χ3v) is 3.80. The third kappa shape index (κ3) is 2.56. The summed E-state index contributed by atoms with van der Waals surface area (Å²) >= 11 is 0. The Hall–Kier alpha value is -3.34. The monoisotopic (exact) mass is 319 g/mol. The lowest BCUT2D eigenvalue weighted by molar-refractivity contribution is 0.102. The van der Waals surface area contributed by atoms with Gasteiger partial charge in [-0.15, -0.1) is 0 Å². The minimum absolute atomic E-state index is 0. The van der Waals surface area contributed by atoms with E-state index in [1.807, 2.05) is 36.5 Å². The number of carbonyl (C=O) groups is 1. The van der Waals surface area contributed by atoms with E-state index in [2.05, 4.69) is 15.3 Å². The molecule has 0 fully saturated rings. The maximum absolute atomic E-state index is 12.4. The van der Waals surface area contributed by atoms with Crippen LogP contribution in [0.2, 0.25) is 0 Å². The average Bonchev–Trinajstić information content (AvgIpc) is 3.03. The second kappa shape index (κ2) is 6.04. The summed E-state index contributed by atoms with van der Waals surface area (Å²) in [6, 6.07) is 14.5. The molecule has 2 heterocycles. The minimum atomic E-state index is -0.370. The molecule has 0 radical (unpaired) electrons. The zero-order chi connectivity index (χ0) is 15.8. The van der Waals surface area contributed by atoms with E-state index in [-0.39, 0.29) is 24.6 Å². The molecule has 5 nitrogen and oxygen atoms in total. The Morgan fingerprint density at radius 1 is 1.08 bits per heavy atom. The zero-order valence-corrected chi connectivity index (χ0v) is 12.1. The smallest absolute Gasteiger partial charge is 0.259 e. The van der Waals surface area contributed by atoms with Gasteiger partial charge in [0.2, 0.25) is 0 Å². The number of carbonyl (C=O) groups excluding carboxylic acids is 1. The van der Waals surface area contributed by atoms with Gasteiger partial charge in [0.25, 0.3) is 5.91 Å². The summed E-state index contributed by atoms with van der Waals surface area (Å²) in [6.45, 7) is 0. The first-order valence-corrected chi connectivity index (χ1v) is 7.17. The molecule has 120 valence electrons. The lowest BCUT2D eigenvalue weighted by Gasteiger charge is -2.08. The number of aromatic amines is 1. The van der Waals surface area contributed by atoms with Crippen LogP contribution >= 0.6 is 0 Å². The van der Waals surface area contributed by atoms with E-state index < -0.39 is 0 Å². The molecule has 0 saturated carbocycles. The van der Waals surface area contributed by atoms with Crippen molar-refractivity contribution in [3.8, 4) is 5.75 Å². The van der Waals surface area contributed by atoms with Crippen molar-refractivity contribution in [2.24, 2.45) is 0 Å². The highest BCUT2D eigenvalue weighted by Crippen LogP contribution is 2.27. The molecule has 1 amide bonds. The molecule has 24 heavy (non-hydrogen) atoms. The van der Waals surface area contributed by atoms with Crippen molar-refractivity contribution in [2.45, 2.75) is 7.43 Å². The summed E-state index contributed by atoms with van der Waals surface area (Å²) in [7, 11) is 0. The molecule has 0 aliphatic carbocycles. The van der Waals surface area contributed by atoms with Crippen molar-refractivity contribution in [1.82, 2.24) is 9.97 Å². The Kier molecular flexibility index (Phi) is 3.92. The molecule has 3 N–H and O–H groups in total. The third-order valence-electron chi connectivity index (χ3n) is 3.80. The molecule has 2 aromatic heterocycles. The molecule has 4 rings (SSSR count). The zero-order valence-electron chi connectivity index (χ0n) is 12.1. The van der Waals surface area contributed by atoms with Gasteiger partial charge in [-0.2, -0.15) is 0 Å². The van der Waals surface area contributed by atoms with Gasteiger partial charge in [0.05, 0.1) is 5.56 Å². The molecule has 0 saturated heterocycles. The second-order valence-corrected chi connectivity index (χ2v) is 5.27. The SMILES string of the molecule is C.O=C(Nc1ccc2[nH]ccc2c1)c1ccc2cccnc2c1O. The standard InChI is InChI=1S/C18H13N3O2.CH4/c22-17-14(5-3-11-2-1-8-20-16(11)17)18(23)21-13-4-6-15-12(10-13)7-9-19-15;/h1-10,19,22H,(H,21,23);1H4. The van der Waals surface area contributed by atoms with Crippen LogP contribution in [0.15, 0.2) is 60.9 Å². The van der Waals surface area contributed by atoms with Crippen LogP contribution in [0.5, 0.6) is 5.75 Å². The van der Waals surface area contributed by atoms with E-state index in [4.69, 9.17) is 0 Å². The van der Waals surface area contributed by atoms with Crippen LogP contribution in [0.4, 0.5) is 5.69 Å². The number of aromatic nitrogens is 2. The Labute approximate surface area is 139 Å². The van der Waals surface area contributed by atoms with E-state index in [1.54, 1.807) is 24.4 Å². The van der Waals surface area contributed by atoms with Crippen molar-refractivity contribution < 1.29 is 9.90 Å². The van der Waals surface area contributed by atoms with Gasteiger partial charge in [0.1, 0.15) is 5.52 Å². The molecule has 0 aliphatic rings. The van der Waals surface area contributed by atoms with E-state index in [0.29, 0.717) is 11.2 Å². The fraction of sp³-hybridized carbons (Fsp3) is 0.0526. The second-order valence-electron chi connectivity index (χ2n) is 5.27. The summed E-state index contributed by atoms with van der Waals surface area (Å²) in [5.41, 5.74) is 2.29. The van der Waals surface area contributed by atoms with Crippen LogP contribution in [0.1, 0.15) is 17.8 Å². The van der Waals surface area contributed by atoms with Crippen molar-refractivity contribution in [1.29, 1.82) is 0 Å². The number of aromatic hydroxyl groups is 1. The predicted octanol–water partition coefficient (Wildman–Crippen LogP) is 4.31. The number of anilines is 1. The van der Waals surface area contributed by atoms with Gasteiger partial charge in [0.15, 0.2) is 5.75 Å². The number of pyridine rings is 1. The Bertz CT molecular complexity index is 1040. The fourth-order valence-electron chi connectivity index (χ4n) is 2.64. The van der Waals surface area contributed by atoms with E-state index in [9.17, 15) is 9.90 Å². The number of hydrogen-bond acceptors (Lipinski definition) is 3. The molecule has 0 atom stereocenters. The first kappa shape index (κ1) is 15.6. The minimum Gasteiger partial charge on any atom is -0.505 e. The Balaban J connectivity index is 0.00000169. The largest absolute Gasteiger partial charge is 0.505 e. The van der Waals surface area contributed by atoms with Crippen LogP contribution in [0.3, 0.4) is 0 Å². The Morgan fingerprint density at radius 2 is 1.96 bits per heavy atom. The normalized spacial score (nSPS) is 10.5. The lowest BCUT2D eigenvalue weighted by Crippen LogP contribution is -2.12. The van der Waals surface area contributed by atoms with Gasteiger partial charge < -0.3 is 15.4 Å². The van der Waals surface area contributed by atoms with Crippen LogP contribution in [0.25, 0.3) is 21.8 Å². The van der Waals surface area contributed by atoms with Crippen LogP contribution in [-0.2, 0) is 0 Å². The maximum Gasteiger partial charge on any atom is 0.259 e. The molecule has 0 aliphatic heterocycles. The number of phenols is 1. The Morgan fingerprint density at radius 3 is 2.83 bits per heavy atom. The van der Waals surface area contributed by atoms with Crippen molar-refractivity contribution in [2.75, 3.05) is 5.32 Å². The van der Waals surface area contributed by atoms with Gasteiger partial charge in [-0.3, -0.25) is 9.78 Å².